The Labute approximate surface area is 136 Å². The van der Waals surface area contributed by atoms with Crippen LogP contribution in [-0.2, 0) is 9.59 Å². The second kappa shape index (κ2) is 5.56. The molecule has 0 aliphatic carbocycles. The van der Waals surface area contributed by atoms with Crippen molar-refractivity contribution in [2.24, 2.45) is 0 Å². The fourth-order valence-corrected chi connectivity index (χ4v) is 2.56. The predicted molar refractivity (Wildman–Crippen MR) is 84.3 cm³/mol. The Bertz CT molecular complexity index is 918. The van der Waals surface area contributed by atoms with Crippen molar-refractivity contribution in [2.45, 2.75) is 13.8 Å². The highest BCUT2D eigenvalue weighted by molar-refractivity contribution is 6.44. The number of nitrogens with zero attached hydrogens (tertiary/aromatic N) is 1. The molecule has 0 saturated carbocycles. The van der Waals surface area contributed by atoms with Crippen LogP contribution in [0.3, 0.4) is 0 Å². The van der Waals surface area contributed by atoms with E-state index in [9.17, 15) is 23.5 Å². The van der Waals surface area contributed by atoms with Crippen molar-refractivity contribution in [1.29, 1.82) is 0 Å². The number of hydrogen-bond donors (Lipinski definition) is 1. The van der Waals surface area contributed by atoms with E-state index in [4.69, 9.17) is 0 Å². The van der Waals surface area contributed by atoms with Crippen LogP contribution >= 0.6 is 0 Å². The molecule has 1 aliphatic heterocycles. The summed E-state index contributed by atoms with van der Waals surface area (Å²) in [6.07, 6.45) is 0. The van der Waals surface area contributed by atoms with Gasteiger partial charge in [-0.2, -0.15) is 0 Å². The predicted octanol–water partition coefficient (Wildman–Crippen LogP) is 3.42. The van der Waals surface area contributed by atoms with Gasteiger partial charge < -0.3 is 5.11 Å². The smallest absolute Gasteiger partial charge is 0.301 e. The van der Waals surface area contributed by atoms with Gasteiger partial charge in [0.25, 0.3) is 5.91 Å². The van der Waals surface area contributed by atoms with Crippen LogP contribution in [0, 0.1) is 25.5 Å². The zero-order chi connectivity index (χ0) is 17.6. The molecule has 1 heterocycles. The average Bonchev–Trinajstić information content (AvgIpc) is 2.73. The summed E-state index contributed by atoms with van der Waals surface area (Å²) in [5.41, 5.74) is 1.61. The van der Waals surface area contributed by atoms with Gasteiger partial charge >= 0.3 is 5.91 Å². The van der Waals surface area contributed by atoms with Gasteiger partial charge in [0.2, 0.25) is 0 Å². The van der Waals surface area contributed by atoms with E-state index in [1.165, 1.54) is 0 Å². The van der Waals surface area contributed by atoms with Gasteiger partial charge in [0.1, 0.15) is 11.6 Å². The van der Waals surface area contributed by atoms with Crippen LogP contribution in [0.5, 0.6) is 0 Å². The summed E-state index contributed by atoms with van der Waals surface area (Å²) in [6.45, 7) is 3.71. The van der Waals surface area contributed by atoms with Crippen molar-refractivity contribution >= 4 is 23.1 Å². The first-order chi connectivity index (χ1) is 11.3. The van der Waals surface area contributed by atoms with Crippen molar-refractivity contribution in [2.75, 3.05) is 4.90 Å². The Morgan fingerprint density at radius 2 is 1.62 bits per heavy atom. The normalized spacial score (nSPS) is 14.8. The van der Waals surface area contributed by atoms with Gasteiger partial charge in [0, 0.05) is 6.07 Å². The molecule has 0 fully saturated rings. The maximum Gasteiger partial charge on any atom is 0.301 e. The Balaban J connectivity index is 2.09. The molecule has 2 amide bonds. The van der Waals surface area contributed by atoms with E-state index >= 15 is 0 Å². The van der Waals surface area contributed by atoms with Gasteiger partial charge in [0.05, 0.1) is 11.3 Å². The van der Waals surface area contributed by atoms with Crippen molar-refractivity contribution < 1.29 is 23.5 Å². The summed E-state index contributed by atoms with van der Waals surface area (Å²) in [7, 11) is 0. The molecular formula is C18H13F2NO3. The summed E-state index contributed by atoms with van der Waals surface area (Å²) in [4.78, 5) is 25.3. The minimum absolute atomic E-state index is 0.202. The van der Waals surface area contributed by atoms with Gasteiger partial charge in [-0.15, -0.1) is 0 Å². The topological polar surface area (TPSA) is 57.6 Å². The largest absolute Gasteiger partial charge is 0.502 e. The number of carbonyl (C=O) groups is 2. The molecule has 0 atom stereocenters. The number of aryl methyl sites for hydroxylation is 2. The number of aliphatic hydroxyl groups excluding tert-OH is 1. The van der Waals surface area contributed by atoms with Crippen LogP contribution < -0.4 is 4.90 Å². The lowest BCUT2D eigenvalue weighted by molar-refractivity contribution is -0.121. The first-order valence-electron chi connectivity index (χ1n) is 7.16. The zero-order valence-corrected chi connectivity index (χ0v) is 12.9. The zero-order valence-electron chi connectivity index (χ0n) is 12.9. The number of rotatable bonds is 2. The summed E-state index contributed by atoms with van der Waals surface area (Å²) in [5.74, 6) is -4.55. The minimum Gasteiger partial charge on any atom is -0.502 e. The van der Waals surface area contributed by atoms with Crippen LogP contribution in [0.4, 0.5) is 14.5 Å². The molecule has 4 nitrogen and oxygen atoms in total. The molecule has 0 aromatic heterocycles. The van der Waals surface area contributed by atoms with Crippen LogP contribution in [-0.4, -0.2) is 16.9 Å². The number of halogens is 2. The SMILES string of the molecule is Cc1ccc(C2=C(O)C(=O)N(c3ccc(F)cc3F)C2=O)cc1C. The second-order valence-electron chi connectivity index (χ2n) is 5.56. The Morgan fingerprint density at radius 1 is 0.917 bits per heavy atom. The number of imide groups is 1. The van der Waals surface area contributed by atoms with Crippen LogP contribution in [0.1, 0.15) is 16.7 Å². The molecule has 0 spiro atoms. The van der Waals surface area contributed by atoms with Gasteiger partial charge in [0.15, 0.2) is 5.76 Å². The molecule has 0 radical (unpaired) electrons. The quantitative estimate of drug-likeness (QED) is 0.859. The molecule has 1 N–H and O–H groups in total. The third-order valence-electron chi connectivity index (χ3n) is 4.01. The van der Waals surface area contributed by atoms with E-state index in [1.54, 1.807) is 18.2 Å². The highest BCUT2D eigenvalue weighted by Gasteiger charge is 2.41. The lowest BCUT2D eigenvalue weighted by atomic mass is 10.00. The molecule has 0 unspecified atom stereocenters. The molecule has 24 heavy (non-hydrogen) atoms. The number of hydrogen-bond acceptors (Lipinski definition) is 3. The van der Waals surface area contributed by atoms with Crippen molar-refractivity contribution in [3.8, 4) is 0 Å². The molecule has 0 saturated heterocycles. The summed E-state index contributed by atoms with van der Waals surface area (Å²) < 4.78 is 27.0. The number of aliphatic hydroxyl groups is 1. The number of anilines is 1. The molecule has 0 bridgehead atoms. The van der Waals surface area contributed by atoms with E-state index in [1.807, 2.05) is 13.8 Å². The summed E-state index contributed by atoms with van der Waals surface area (Å²) in [6, 6.07) is 7.51. The number of carbonyl (C=O) groups excluding carboxylic acids is 2. The fourth-order valence-electron chi connectivity index (χ4n) is 2.56. The third-order valence-corrected chi connectivity index (χ3v) is 4.01. The first kappa shape index (κ1) is 15.9. The summed E-state index contributed by atoms with van der Waals surface area (Å²) in [5, 5.41) is 10.1. The molecule has 2 aromatic carbocycles. The molecule has 2 aromatic rings. The Kier molecular flexibility index (Phi) is 3.67. The summed E-state index contributed by atoms with van der Waals surface area (Å²) >= 11 is 0. The molecule has 6 heteroatoms. The molecule has 1 aliphatic rings. The maximum atomic E-state index is 13.9. The maximum absolute atomic E-state index is 13.9. The molecule has 3 rings (SSSR count). The second-order valence-corrected chi connectivity index (χ2v) is 5.56. The Morgan fingerprint density at radius 3 is 2.25 bits per heavy atom. The minimum atomic E-state index is -1.06. The highest BCUT2D eigenvalue weighted by atomic mass is 19.1. The van der Waals surface area contributed by atoms with E-state index in [0.717, 1.165) is 23.3 Å². The fraction of sp³-hybridized carbons (Fsp3) is 0.111. The van der Waals surface area contributed by atoms with Crippen molar-refractivity contribution in [3.63, 3.8) is 0 Å². The van der Waals surface area contributed by atoms with Gasteiger partial charge in [-0.1, -0.05) is 18.2 Å². The molecular weight excluding hydrogens is 316 g/mol. The Hall–Kier alpha value is -3.02. The van der Waals surface area contributed by atoms with Crippen LogP contribution in [0.15, 0.2) is 42.2 Å². The lowest BCUT2D eigenvalue weighted by Gasteiger charge is -2.15. The van der Waals surface area contributed by atoms with Crippen LogP contribution in [0.2, 0.25) is 0 Å². The standard InChI is InChI=1S/C18H13F2NO3/c1-9-3-4-11(7-10(9)2)15-16(22)18(24)21(17(15)23)14-6-5-12(19)8-13(14)20/h3-8,22H,1-2H3. The van der Waals surface area contributed by atoms with E-state index in [2.05, 4.69) is 0 Å². The highest BCUT2D eigenvalue weighted by Crippen LogP contribution is 2.33. The van der Waals surface area contributed by atoms with Gasteiger partial charge in [-0.25, -0.2) is 13.7 Å². The monoisotopic (exact) mass is 329 g/mol. The van der Waals surface area contributed by atoms with Gasteiger partial charge in [-0.3, -0.25) is 9.59 Å². The number of benzene rings is 2. The average molecular weight is 329 g/mol. The lowest BCUT2D eigenvalue weighted by Crippen LogP contribution is -2.32. The first-order valence-corrected chi connectivity index (χ1v) is 7.16. The van der Waals surface area contributed by atoms with E-state index < -0.39 is 34.9 Å². The van der Waals surface area contributed by atoms with Crippen molar-refractivity contribution in [3.05, 3.63) is 70.5 Å². The van der Waals surface area contributed by atoms with E-state index in [0.29, 0.717) is 16.5 Å². The third kappa shape index (κ3) is 2.36. The van der Waals surface area contributed by atoms with Crippen LogP contribution in [0.25, 0.3) is 5.57 Å². The van der Waals surface area contributed by atoms with E-state index in [-0.39, 0.29) is 5.57 Å². The van der Waals surface area contributed by atoms with Gasteiger partial charge in [-0.05, 0) is 42.7 Å². The number of amides is 2. The molecule has 122 valence electrons. The van der Waals surface area contributed by atoms with Crippen molar-refractivity contribution in [1.82, 2.24) is 0 Å².